The summed E-state index contributed by atoms with van der Waals surface area (Å²) in [6, 6.07) is 0. The van der Waals surface area contributed by atoms with E-state index in [4.69, 9.17) is 15.2 Å². The Morgan fingerprint density at radius 3 is 2.33 bits per heavy atom. The summed E-state index contributed by atoms with van der Waals surface area (Å²) in [5.41, 5.74) is 6.32. The highest BCUT2D eigenvalue weighted by molar-refractivity contribution is 4.86. The smallest absolute Gasteiger partial charge is 0.0700 e. The minimum atomic E-state index is 0. The molecule has 92 valence electrons. The minimum Gasteiger partial charge on any atom is -0.382 e. The van der Waals surface area contributed by atoms with E-state index < -0.39 is 0 Å². The predicted molar refractivity (Wildman–Crippen MR) is 62.3 cm³/mol. The maximum absolute atomic E-state index is 6.26. The van der Waals surface area contributed by atoms with Crippen molar-refractivity contribution in [3.8, 4) is 0 Å². The first-order valence-corrected chi connectivity index (χ1v) is 5.62. The molecule has 0 spiro atoms. The first kappa shape index (κ1) is 14.8. The first-order valence-electron chi connectivity index (χ1n) is 5.62. The number of hydrogen-bond acceptors (Lipinski definition) is 4. The second kappa shape index (κ2) is 8.05. The van der Waals surface area contributed by atoms with Crippen molar-refractivity contribution in [2.24, 2.45) is 5.73 Å². The van der Waals surface area contributed by atoms with Crippen molar-refractivity contribution in [3.63, 3.8) is 0 Å². The van der Waals surface area contributed by atoms with Crippen molar-refractivity contribution in [2.75, 3.05) is 26.9 Å². The molecule has 0 aromatic rings. The van der Waals surface area contributed by atoms with Crippen LogP contribution in [0.1, 0.15) is 38.5 Å². The molecule has 0 aliphatic heterocycles. The summed E-state index contributed by atoms with van der Waals surface area (Å²) in [5.74, 6) is 0. The molecular formula is C11H26N2O2. The maximum Gasteiger partial charge on any atom is 0.0700 e. The van der Waals surface area contributed by atoms with E-state index in [0.29, 0.717) is 13.2 Å². The van der Waals surface area contributed by atoms with Crippen LogP contribution in [0.25, 0.3) is 0 Å². The Balaban J connectivity index is 0.00000196. The Kier molecular flexibility index (Phi) is 7.96. The SMILES string of the molecule is COCCOCCC1(N)CCCCC1.N. The van der Waals surface area contributed by atoms with Gasteiger partial charge >= 0.3 is 0 Å². The van der Waals surface area contributed by atoms with Crippen LogP contribution in [-0.2, 0) is 9.47 Å². The van der Waals surface area contributed by atoms with Gasteiger partial charge in [0.05, 0.1) is 13.2 Å². The molecule has 0 amide bonds. The molecule has 5 N–H and O–H groups in total. The Morgan fingerprint density at radius 1 is 1.07 bits per heavy atom. The van der Waals surface area contributed by atoms with Gasteiger partial charge in [-0.15, -0.1) is 0 Å². The number of methoxy groups -OCH3 is 1. The predicted octanol–water partition coefficient (Wildman–Crippen LogP) is 1.86. The third kappa shape index (κ3) is 6.10. The minimum absolute atomic E-state index is 0. The van der Waals surface area contributed by atoms with Crippen LogP contribution in [0, 0.1) is 0 Å². The van der Waals surface area contributed by atoms with Gasteiger partial charge in [-0.1, -0.05) is 19.3 Å². The molecule has 1 aliphatic rings. The Morgan fingerprint density at radius 2 is 1.73 bits per heavy atom. The molecule has 4 nitrogen and oxygen atoms in total. The first-order chi connectivity index (χ1) is 6.77. The Bertz CT molecular complexity index is 148. The summed E-state index contributed by atoms with van der Waals surface area (Å²) >= 11 is 0. The molecule has 1 rings (SSSR count). The molecule has 0 saturated heterocycles. The highest BCUT2D eigenvalue weighted by atomic mass is 16.5. The van der Waals surface area contributed by atoms with Gasteiger partial charge in [-0.3, -0.25) is 0 Å². The van der Waals surface area contributed by atoms with E-state index >= 15 is 0 Å². The molecule has 1 aliphatic carbocycles. The zero-order chi connectivity index (χ0) is 10.3. The van der Waals surface area contributed by atoms with Crippen molar-refractivity contribution < 1.29 is 9.47 Å². The number of ether oxygens (including phenoxy) is 2. The molecule has 1 fully saturated rings. The molecule has 15 heavy (non-hydrogen) atoms. The van der Waals surface area contributed by atoms with Crippen LogP contribution in [-0.4, -0.2) is 32.5 Å². The third-order valence-corrected chi connectivity index (χ3v) is 3.03. The van der Waals surface area contributed by atoms with Gasteiger partial charge in [-0.25, -0.2) is 0 Å². The van der Waals surface area contributed by atoms with Crippen LogP contribution >= 0.6 is 0 Å². The zero-order valence-corrected chi connectivity index (χ0v) is 9.96. The van der Waals surface area contributed by atoms with Crippen LogP contribution in [0.3, 0.4) is 0 Å². The molecule has 0 radical (unpaired) electrons. The molecule has 0 atom stereocenters. The van der Waals surface area contributed by atoms with Gasteiger partial charge in [0.1, 0.15) is 0 Å². The van der Waals surface area contributed by atoms with Gasteiger partial charge in [0.15, 0.2) is 0 Å². The molecule has 0 bridgehead atoms. The lowest BCUT2D eigenvalue weighted by Gasteiger charge is -2.33. The number of nitrogens with two attached hydrogens (primary N) is 1. The normalized spacial score (nSPS) is 19.6. The lowest BCUT2D eigenvalue weighted by Crippen LogP contribution is -2.42. The van der Waals surface area contributed by atoms with Gasteiger partial charge in [0.2, 0.25) is 0 Å². The van der Waals surface area contributed by atoms with E-state index in [1.807, 2.05) is 0 Å². The van der Waals surface area contributed by atoms with E-state index in [-0.39, 0.29) is 11.7 Å². The maximum atomic E-state index is 6.26. The third-order valence-electron chi connectivity index (χ3n) is 3.03. The van der Waals surface area contributed by atoms with Gasteiger partial charge in [0.25, 0.3) is 0 Å². The van der Waals surface area contributed by atoms with Crippen molar-refractivity contribution in [1.82, 2.24) is 6.15 Å². The molecule has 0 heterocycles. The van der Waals surface area contributed by atoms with E-state index in [2.05, 4.69) is 0 Å². The molecule has 4 heteroatoms. The van der Waals surface area contributed by atoms with Crippen molar-refractivity contribution in [3.05, 3.63) is 0 Å². The number of rotatable bonds is 6. The molecular weight excluding hydrogens is 192 g/mol. The van der Waals surface area contributed by atoms with E-state index in [1.165, 1.54) is 32.1 Å². The van der Waals surface area contributed by atoms with Crippen LogP contribution in [0.4, 0.5) is 0 Å². The van der Waals surface area contributed by atoms with Crippen LogP contribution < -0.4 is 11.9 Å². The van der Waals surface area contributed by atoms with Gasteiger partial charge < -0.3 is 21.4 Å². The van der Waals surface area contributed by atoms with Gasteiger partial charge in [0, 0.05) is 19.3 Å². The fourth-order valence-corrected chi connectivity index (χ4v) is 2.03. The zero-order valence-electron chi connectivity index (χ0n) is 9.96. The van der Waals surface area contributed by atoms with E-state index in [9.17, 15) is 0 Å². The monoisotopic (exact) mass is 218 g/mol. The summed E-state index contributed by atoms with van der Waals surface area (Å²) in [6.45, 7) is 2.14. The van der Waals surface area contributed by atoms with Gasteiger partial charge in [-0.05, 0) is 19.3 Å². The topological polar surface area (TPSA) is 79.5 Å². The van der Waals surface area contributed by atoms with Crippen LogP contribution in [0.2, 0.25) is 0 Å². The Hall–Kier alpha value is -0.160. The highest BCUT2D eigenvalue weighted by Crippen LogP contribution is 2.28. The fourth-order valence-electron chi connectivity index (χ4n) is 2.03. The molecule has 0 aromatic heterocycles. The summed E-state index contributed by atoms with van der Waals surface area (Å²) in [6.07, 6.45) is 7.25. The fraction of sp³-hybridized carbons (Fsp3) is 1.00. The summed E-state index contributed by atoms with van der Waals surface area (Å²) in [7, 11) is 1.69. The summed E-state index contributed by atoms with van der Waals surface area (Å²) in [4.78, 5) is 0. The van der Waals surface area contributed by atoms with E-state index in [1.54, 1.807) is 7.11 Å². The second-order valence-corrected chi connectivity index (χ2v) is 4.28. The molecule has 0 unspecified atom stereocenters. The lowest BCUT2D eigenvalue weighted by atomic mass is 9.80. The summed E-state index contributed by atoms with van der Waals surface area (Å²) in [5, 5.41) is 0. The number of hydrogen-bond donors (Lipinski definition) is 2. The van der Waals surface area contributed by atoms with Gasteiger partial charge in [-0.2, -0.15) is 0 Å². The highest BCUT2D eigenvalue weighted by Gasteiger charge is 2.26. The standard InChI is InChI=1S/C11H23NO2.H3N/c1-13-9-10-14-8-7-11(12)5-3-2-4-6-11;/h2-10,12H2,1H3;1H3. The molecule has 1 saturated carbocycles. The largest absolute Gasteiger partial charge is 0.382 e. The van der Waals surface area contributed by atoms with Crippen molar-refractivity contribution in [1.29, 1.82) is 0 Å². The average Bonchev–Trinajstić information content (AvgIpc) is 2.18. The van der Waals surface area contributed by atoms with Crippen molar-refractivity contribution >= 4 is 0 Å². The average molecular weight is 218 g/mol. The van der Waals surface area contributed by atoms with Crippen LogP contribution in [0.5, 0.6) is 0 Å². The lowest BCUT2D eigenvalue weighted by molar-refractivity contribution is 0.0574. The summed E-state index contributed by atoms with van der Waals surface area (Å²) < 4.78 is 10.3. The quantitative estimate of drug-likeness (QED) is 0.667. The van der Waals surface area contributed by atoms with Crippen LogP contribution in [0.15, 0.2) is 0 Å². The van der Waals surface area contributed by atoms with Crippen molar-refractivity contribution in [2.45, 2.75) is 44.1 Å². The molecule has 0 aromatic carbocycles. The second-order valence-electron chi connectivity index (χ2n) is 4.28. The Labute approximate surface area is 93.1 Å². The van der Waals surface area contributed by atoms with E-state index in [0.717, 1.165) is 13.0 Å².